The van der Waals surface area contributed by atoms with Crippen LogP contribution in [0.3, 0.4) is 0 Å². The van der Waals surface area contributed by atoms with Crippen LogP contribution < -0.4 is 5.32 Å². The van der Waals surface area contributed by atoms with E-state index in [1.165, 1.54) is 0 Å². The summed E-state index contributed by atoms with van der Waals surface area (Å²) < 4.78 is 0. The maximum atomic E-state index is 10.6. The minimum absolute atomic E-state index is 0.140. The fourth-order valence-electron chi connectivity index (χ4n) is 1.61. The molecule has 1 atom stereocenters. The molecule has 3 heteroatoms. The topological polar surface area (TPSA) is 49.3 Å². The number of carbonyl (C=O) groups is 1. The molecule has 0 amide bonds. The second kappa shape index (κ2) is 7.14. The molecule has 1 saturated heterocycles. The van der Waals surface area contributed by atoms with Crippen molar-refractivity contribution in [2.75, 3.05) is 6.54 Å². The monoisotopic (exact) mass is 221 g/mol. The molecular formula is C13H19NO2. The minimum atomic E-state index is 0.140. The molecule has 0 bridgehead atoms. The Morgan fingerprint density at radius 2 is 2.12 bits per heavy atom. The highest BCUT2D eigenvalue weighted by atomic mass is 16.3. The minimum Gasteiger partial charge on any atom is -0.392 e. The first-order valence-corrected chi connectivity index (χ1v) is 5.62. The Morgan fingerprint density at radius 1 is 1.44 bits per heavy atom. The maximum Gasteiger partial charge on any atom is 0.146 e. The van der Waals surface area contributed by atoms with Gasteiger partial charge in [0, 0.05) is 0 Å². The zero-order valence-corrected chi connectivity index (χ0v) is 9.65. The average Bonchev–Trinajstić information content (AvgIpc) is 2.85. The number of ketones is 1. The molecule has 1 heterocycles. The maximum absolute atomic E-state index is 10.6. The number of aliphatic hydroxyl groups excluding tert-OH is 1. The van der Waals surface area contributed by atoms with Gasteiger partial charge < -0.3 is 10.4 Å². The largest absolute Gasteiger partial charge is 0.392 e. The van der Waals surface area contributed by atoms with E-state index in [1.807, 2.05) is 30.3 Å². The van der Waals surface area contributed by atoms with Crippen LogP contribution >= 0.6 is 0 Å². The number of aliphatic hydroxyl groups is 1. The average molecular weight is 221 g/mol. The van der Waals surface area contributed by atoms with E-state index >= 15 is 0 Å². The number of rotatable bonds is 2. The zero-order chi connectivity index (χ0) is 11.8. The van der Waals surface area contributed by atoms with E-state index in [4.69, 9.17) is 5.11 Å². The number of hydrogen-bond donors (Lipinski definition) is 2. The van der Waals surface area contributed by atoms with Crippen LogP contribution in [0.15, 0.2) is 30.3 Å². The van der Waals surface area contributed by atoms with Crippen molar-refractivity contribution in [2.45, 2.75) is 32.4 Å². The van der Waals surface area contributed by atoms with Crippen LogP contribution in [0.2, 0.25) is 0 Å². The lowest BCUT2D eigenvalue weighted by atomic mass is 10.2. The van der Waals surface area contributed by atoms with Gasteiger partial charge in [-0.3, -0.25) is 4.79 Å². The Kier molecular flexibility index (Phi) is 5.75. The summed E-state index contributed by atoms with van der Waals surface area (Å²) in [7, 11) is 0. The highest BCUT2D eigenvalue weighted by Gasteiger charge is 2.17. The third kappa shape index (κ3) is 4.55. The van der Waals surface area contributed by atoms with Gasteiger partial charge in [0.1, 0.15) is 5.78 Å². The summed E-state index contributed by atoms with van der Waals surface area (Å²) in [6.07, 6.45) is 2.19. The Labute approximate surface area is 96.5 Å². The third-order valence-corrected chi connectivity index (χ3v) is 2.58. The molecule has 1 aromatic carbocycles. The van der Waals surface area contributed by atoms with Gasteiger partial charge in [0.2, 0.25) is 0 Å². The second-order valence-corrected chi connectivity index (χ2v) is 3.90. The van der Waals surface area contributed by atoms with Crippen LogP contribution in [-0.2, 0) is 11.4 Å². The smallest absolute Gasteiger partial charge is 0.146 e. The quantitative estimate of drug-likeness (QED) is 0.795. The van der Waals surface area contributed by atoms with Crippen LogP contribution in [0.5, 0.6) is 0 Å². The van der Waals surface area contributed by atoms with Crippen LogP contribution in [0.1, 0.15) is 25.3 Å². The molecule has 2 N–H and O–H groups in total. The van der Waals surface area contributed by atoms with E-state index in [0.29, 0.717) is 0 Å². The molecule has 3 nitrogen and oxygen atoms in total. The van der Waals surface area contributed by atoms with Crippen molar-refractivity contribution in [1.82, 2.24) is 5.32 Å². The first-order valence-electron chi connectivity index (χ1n) is 5.62. The summed E-state index contributed by atoms with van der Waals surface area (Å²) in [6.45, 7) is 2.80. The number of benzene rings is 1. The van der Waals surface area contributed by atoms with Gasteiger partial charge in [-0.1, -0.05) is 30.3 Å². The van der Waals surface area contributed by atoms with Gasteiger partial charge in [-0.2, -0.15) is 0 Å². The molecule has 88 valence electrons. The first kappa shape index (κ1) is 12.9. The molecule has 1 aliphatic heterocycles. The van der Waals surface area contributed by atoms with Gasteiger partial charge in [-0.25, -0.2) is 0 Å². The Morgan fingerprint density at radius 3 is 2.44 bits per heavy atom. The number of nitrogens with one attached hydrogen (secondary N) is 1. The molecule has 0 aliphatic carbocycles. The van der Waals surface area contributed by atoms with E-state index < -0.39 is 0 Å². The molecule has 0 aromatic heterocycles. The van der Waals surface area contributed by atoms with E-state index in [0.717, 1.165) is 24.9 Å². The lowest BCUT2D eigenvalue weighted by Crippen LogP contribution is -2.28. The van der Waals surface area contributed by atoms with Crippen molar-refractivity contribution in [3.8, 4) is 0 Å². The SMILES string of the molecule is CC(=O)C1CCCN1.OCc1ccccc1. The van der Waals surface area contributed by atoms with Gasteiger partial charge in [0.15, 0.2) is 0 Å². The van der Waals surface area contributed by atoms with Crippen molar-refractivity contribution in [1.29, 1.82) is 0 Å². The van der Waals surface area contributed by atoms with Crippen molar-refractivity contribution in [3.63, 3.8) is 0 Å². The fourth-order valence-corrected chi connectivity index (χ4v) is 1.61. The van der Waals surface area contributed by atoms with Crippen molar-refractivity contribution < 1.29 is 9.90 Å². The Hall–Kier alpha value is -1.19. The number of carbonyl (C=O) groups excluding carboxylic acids is 1. The van der Waals surface area contributed by atoms with Crippen LogP contribution in [-0.4, -0.2) is 23.5 Å². The summed E-state index contributed by atoms with van der Waals surface area (Å²) in [5.41, 5.74) is 0.965. The first-order chi connectivity index (χ1) is 7.74. The predicted molar refractivity (Wildman–Crippen MR) is 64.1 cm³/mol. The molecule has 0 saturated carbocycles. The van der Waals surface area contributed by atoms with E-state index in [-0.39, 0.29) is 18.4 Å². The third-order valence-electron chi connectivity index (χ3n) is 2.58. The van der Waals surface area contributed by atoms with Crippen molar-refractivity contribution in [2.24, 2.45) is 0 Å². The summed E-state index contributed by atoms with van der Waals surface area (Å²) in [5.74, 6) is 0.280. The Balaban J connectivity index is 0.000000160. The Bertz CT molecular complexity index is 305. The van der Waals surface area contributed by atoms with Gasteiger partial charge in [0.25, 0.3) is 0 Å². The van der Waals surface area contributed by atoms with Gasteiger partial charge in [0.05, 0.1) is 12.6 Å². The van der Waals surface area contributed by atoms with E-state index in [1.54, 1.807) is 6.92 Å². The molecule has 1 aliphatic rings. The lowest BCUT2D eigenvalue weighted by Gasteiger charge is -2.01. The molecule has 1 aromatic rings. The van der Waals surface area contributed by atoms with Gasteiger partial charge >= 0.3 is 0 Å². The van der Waals surface area contributed by atoms with Gasteiger partial charge in [-0.05, 0) is 31.9 Å². The van der Waals surface area contributed by atoms with Crippen molar-refractivity contribution >= 4 is 5.78 Å². The van der Waals surface area contributed by atoms with Crippen LogP contribution in [0, 0.1) is 0 Å². The number of hydrogen-bond acceptors (Lipinski definition) is 3. The predicted octanol–water partition coefficient (Wildman–Crippen LogP) is 1.51. The second-order valence-electron chi connectivity index (χ2n) is 3.90. The van der Waals surface area contributed by atoms with Gasteiger partial charge in [-0.15, -0.1) is 0 Å². The van der Waals surface area contributed by atoms with Crippen LogP contribution in [0.25, 0.3) is 0 Å². The molecular weight excluding hydrogens is 202 g/mol. The molecule has 0 spiro atoms. The van der Waals surface area contributed by atoms with E-state index in [9.17, 15) is 4.79 Å². The highest BCUT2D eigenvalue weighted by molar-refractivity contribution is 5.81. The fraction of sp³-hybridized carbons (Fsp3) is 0.462. The van der Waals surface area contributed by atoms with E-state index in [2.05, 4.69) is 5.32 Å². The summed E-state index contributed by atoms with van der Waals surface area (Å²) in [5, 5.41) is 11.6. The molecule has 2 rings (SSSR count). The highest BCUT2D eigenvalue weighted by Crippen LogP contribution is 2.04. The normalized spacial score (nSPS) is 18.8. The lowest BCUT2D eigenvalue weighted by molar-refractivity contribution is -0.118. The van der Waals surface area contributed by atoms with Crippen LogP contribution in [0.4, 0.5) is 0 Å². The molecule has 1 fully saturated rings. The van der Waals surface area contributed by atoms with Crippen molar-refractivity contribution in [3.05, 3.63) is 35.9 Å². The number of Topliss-reactive ketones (excluding diaryl/α,β-unsaturated/α-hetero) is 1. The summed E-state index contributed by atoms with van der Waals surface area (Å²) in [6, 6.07) is 9.70. The zero-order valence-electron chi connectivity index (χ0n) is 9.65. The summed E-state index contributed by atoms with van der Waals surface area (Å²) >= 11 is 0. The molecule has 1 unspecified atom stereocenters. The molecule has 0 radical (unpaired) electrons. The summed E-state index contributed by atoms with van der Waals surface area (Å²) in [4.78, 5) is 10.6. The molecule has 16 heavy (non-hydrogen) atoms. The standard InChI is InChI=1S/C7H8O.C6H11NO/c8-6-7-4-2-1-3-5-7;1-5(8)6-3-2-4-7-6/h1-5,8H,6H2;6-7H,2-4H2,1H3.